The smallest absolute Gasteiger partial charge is 0.270 e. The number of benzene rings is 3. The zero-order chi connectivity index (χ0) is 24.5. The lowest BCUT2D eigenvalue weighted by molar-refractivity contribution is -0.385. The summed E-state index contributed by atoms with van der Waals surface area (Å²) < 4.78 is 34.7. The van der Waals surface area contributed by atoms with Gasteiger partial charge in [-0.05, 0) is 41.8 Å². The minimum atomic E-state index is -4.35. The van der Waals surface area contributed by atoms with Crippen LogP contribution in [0.1, 0.15) is 21.5 Å². The summed E-state index contributed by atoms with van der Waals surface area (Å²) in [6.07, 6.45) is 2.53. The number of carbonyl (C=O) groups excluding carboxylic acids is 1. The molecule has 1 amide bonds. The van der Waals surface area contributed by atoms with E-state index in [4.69, 9.17) is 4.74 Å². The number of nitrogens with zero attached hydrogens (tertiary/aromatic N) is 2. The first kappa shape index (κ1) is 23.0. The minimum absolute atomic E-state index is 0.0363. The molecule has 9 nitrogen and oxygen atoms in total. The Morgan fingerprint density at radius 1 is 1.09 bits per heavy atom. The van der Waals surface area contributed by atoms with Gasteiger partial charge in [0.25, 0.3) is 21.6 Å². The third-order valence-corrected chi connectivity index (χ3v) is 6.78. The predicted octanol–water partition coefficient (Wildman–Crippen LogP) is 3.80. The van der Waals surface area contributed by atoms with E-state index in [1.165, 1.54) is 25.3 Å². The molecule has 4 aromatic rings. The first-order valence-electron chi connectivity index (χ1n) is 10.2. The highest BCUT2D eigenvalue weighted by atomic mass is 32.2. The van der Waals surface area contributed by atoms with Crippen LogP contribution >= 0.6 is 0 Å². The maximum atomic E-state index is 12.9. The molecule has 174 valence electrons. The maximum absolute atomic E-state index is 12.9. The highest BCUT2D eigenvalue weighted by Crippen LogP contribution is 2.26. The van der Waals surface area contributed by atoms with Gasteiger partial charge in [0.2, 0.25) is 0 Å². The predicted molar refractivity (Wildman–Crippen MR) is 126 cm³/mol. The standard InChI is InChI=1S/C24H21N3O6S/c1-26-15-17(20-8-3-4-9-22(20)26)12-16-10-11-23(33-2)21(13-16)24(28)25-34(31,32)19-7-5-6-18(14-19)27(29)30/h3-11,13-15H,12H2,1-2H3,(H,25,28). The van der Waals surface area contributed by atoms with E-state index in [9.17, 15) is 23.3 Å². The monoisotopic (exact) mass is 479 g/mol. The van der Waals surface area contributed by atoms with E-state index in [0.29, 0.717) is 6.42 Å². The van der Waals surface area contributed by atoms with E-state index in [-0.39, 0.29) is 16.2 Å². The normalized spacial score (nSPS) is 11.4. The van der Waals surface area contributed by atoms with E-state index in [0.717, 1.165) is 28.1 Å². The molecular weight excluding hydrogens is 458 g/mol. The number of ether oxygens (including phenoxy) is 1. The van der Waals surface area contributed by atoms with Gasteiger partial charge in [-0.2, -0.15) is 0 Å². The number of amides is 1. The second-order valence-electron chi connectivity index (χ2n) is 7.68. The Hall–Kier alpha value is -4.18. The van der Waals surface area contributed by atoms with E-state index < -0.39 is 26.5 Å². The molecule has 34 heavy (non-hydrogen) atoms. The number of nitrogens with one attached hydrogen (secondary N) is 1. The summed E-state index contributed by atoms with van der Waals surface area (Å²) in [5, 5.41) is 12.1. The zero-order valence-corrected chi connectivity index (χ0v) is 19.2. The molecule has 0 saturated heterocycles. The average molecular weight is 480 g/mol. The molecule has 3 aromatic carbocycles. The molecule has 0 atom stereocenters. The topological polar surface area (TPSA) is 121 Å². The molecule has 0 fully saturated rings. The number of carbonyl (C=O) groups is 1. The summed E-state index contributed by atoms with van der Waals surface area (Å²) in [4.78, 5) is 22.8. The Labute approximate surface area is 195 Å². The molecule has 0 aliphatic carbocycles. The third kappa shape index (κ3) is 4.48. The number of methoxy groups -OCH3 is 1. The molecule has 1 heterocycles. The van der Waals surface area contributed by atoms with Crippen LogP contribution in [0.4, 0.5) is 5.69 Å². The van der Waals surface area contributed by atoms with Crippen molar-refractivity contribution < 1.29 is 22.9 Å². The number of sulfonamides is 1. The van der Waals surface area contributed by atoms with Gasteiger partial charge in [-0.15, -0.1) is 0 Å². The fourth-order valence-electron chi connectivity index (χ4n) is 3.83. The van der Waals surface area contributed by atoms with Crippen molar-refractivity contribution in [3.05, 3.63) is 99.7 Å². The van der Waals surface area contributed by atoms with Gasteiger partial charge in [0.15, 0.2) is 0 Å². The molecule has 10 heteroatoms. The van der Waals surface area contributed by atoms with Crippen LogP contribution in [0.15, 0.2) is 77.8 Å². The van der Waals surface area contributed by atoms with Gasteiger partial charge in [-0.1, -0.05) is 30.3 Å². The summed E-state index contributed by atoms with van der Waals surface area (Å²) in [5.41, 5.74) is 2.56. The molecule has 0 radical (unpaired) electrons. The molecule has 1 aromatic heterocycles. The van der Waals surface area contributed by atoms with Crippen molar-refractivity contribution in [2.24, 2.45) is 7.05 Å². The Bertz CT molecular complexity index is 1530. The Morgan fingerprint density at radius 3 is 2.59 bits per heavy atom. The van der Waals surface area contributed by atoms with Crippen LogP contribution in [0.3, 0.4) is 0 Å². The van der Waals surface area contributed by atoms with Crippen molar-refractivity contribution in [3.8, 4) is 5.75 Å². The van der Waals surface area contributed by atoms with Gasteiger partial charge in [0, 0.05) is 36.3 Å². The molecular formula is C24H21N3O6S. The molecule has 0 aliphatic rings. The first-order chi connectivity index (χ1) is 16.2. The number of nitro groups is 1. The van der Waals surface area contributed by atoms with E-state index in [1.54, 1.807) is 12.1 Å². The van der Waals surface area contributed by atoms with Crippen LogP contribution < -0.4 is 9.46 Å². The highest BCUT2D eigenvalue weighted by Gasteiger charge is 2.23. The fraction of sp³-hybridized carbons (Fsp3) is 0.125. The van der Waals surface area contributed by atoms with Gasteiger partial charge < -0.3 is 9.30 Å². The molecule has 0 aliphatic heterocycles. The Balaban J connectivity index is 1.64. The minimum Gasteiger partial charge on any atom is -0.496 e. The van der Waals surface area contributed by atoms with E-state index in [1.807, 2.05) is 52.9 Å². The van der Waals surface area contributed by atoms with E-state index in [2.05, 4.69) is 0 Å². The van der Waals surface area contributed by atoms with Gasteiger partial charge >= 0.3 is 0 Å². The third-order valence-electron chi connectivity index (χ3n) is 5.45. The highest BCUT2D eigenvalue weighted by molar-refractivity contribution is 7.90. The largest absolute Gasteiger partial charge is 0.496 e. The van der Waals surface area contributed by atoms with Crippen LogP contribution in [0.5, 0.6) is 5.75 Å². The number of para-hydroxylation sites is 1. The lowest BCUT2D eigenvalue weighted by Gasteiger charge is -2.12. The SMILES string of the molecule is COc1ccc(Cc2cn(C)c3ccccc23)cc1C(=O)NS(=O)(=O)c1cccc([N+](=O)[O-])c1. The quantitative estimate of drug-likeness (QED) is 0.318. The van der Waals surface area contributed by atoms with Crippen LogP contribution in [-0.2, 0) is 23.5 Å². The summed E-state index contributed by atoms with van der Waals surface area (Å²) in [6, 6.07) is 17.4. The van der Waals surface area contributed by atoms with Crippen LogP contribution in [0, 0.1) is 10.1 Å². The van der Waals surface area contributed by atoms with Crippen LogP contribution in [0.2, 0.25) is 0 Å². The van der Waals surface area contributed by atoms with Crippen molar-refractivity contribution in [2.75, 3.05) is 7.11 Å². The van der Waals surface area contributed by atoms with Gasteiger partial charge in [0.05, 0.1) is 22.5 Å². The lowest BCUT2D eigenvalue weighted by Crippen LogP contribution is -2.31. The lowest BCUT2D eigenvalue weighted by atomic mass is 10.0. The summed E-state index contributed by atoms with van der Waals surface area (Å²) in [6.45, 7) is 0. The first-order valence-corrected chi connectivity index (χ1v) is 11.7. The number of hydrogen-bond donors (Lipinski definition) is 1. The number of nitro benzene ring substituents is 1. The van der Waals surface area contributed by atoms with E-state index >= 15 is 0 Å². The van der Waals surface area contributed by atoms with Gasteiger partial charge in [-0.3, -0.25) is 14.9 Å². The zero-order valence-electron chi connectivity index (χ0n) is 18.4. The molecule has 0 bridgehead atoms. The second-order valence-corrected chi connectivity index (χ2v) is 9.37. The van der Waals surface area contributed by atoms with Gasteiger partial charge in [0.1, 0.15) is 5.75 Å². The van der Waals surface area contributed by atoms with Crippen molar-refractivity contribution in [1.29, 1.82) is 0 Å². The summed E-state index contributed by atoms with van der Waals surface area (Å²) in [7, 11) is -1.01. The Kier molecular flexibility index (Phi) is 6.08. The summed E-state index contributed by atoms with van der Waals surface area (Å²) >= 11 is 0. The number of hydrogen-bond acceptors (Lipinski definition) is 6. The van der Waals surface area contributed by atoms with Crippen molar-refractivity contribution in [1.82, 2.24) is 9.29 Å². The number of aryl methyl sites for hydroxylation is 1. The van der Waals surface area contributed by atoms with Gasteiger partial charge in [-0.25, -0.2) is 13.1 Å². The molecule has 0 saturated carbocycles. The molecule has 1 N–H and O–H groups in total. The number of aromatic nitrogens is 1. The average Bonchev–Trinajstić information content (AvgIpc) is 3.14. The number of rotatable bonds is 7. The van der Waals surface area contributed by atoms with Crippen molar-refractivity contribution in [3.63, 3.8) is 0 Å². The molecule has 0 unspecified atom stereocenters. The molecule has 4 rings (SSSR count). The number of fused-ring (bicyclic) bond motifs is 1. The van der Waals surface area contributed by atoms with Crippen molar-refractivity contribution in [2.45, 2.75) is 11.3 Å². The maximum Gasteiger partial charge on any atom is 0.270 e. The Morgan fingerprint density at radius 2 is 1.85 bits per heavy atom. The summed E-state index contributed by atoms with van der Waals surface area (Å²) in [5.74, 6) is -0.698. The second kappa shape index (κ2) is 8.99. The fourth-order valence-corrected chi connectivity index (χ4v) is 4.83. The number of non-ortho nitro benzene ring substituents is 1. The molecule has 0 spiro atoms. The van der Waals surface area contributed by atoms with Crippen molar-refractivity contribution >= 4 is 32.5 Å². The van der Waals surface area contributed by atoms with Crippen LogP contribution in [-0.4, -0.2) is 30.9 Å². The van der Waals surface area contributed by atoms with Crippen LogP contribution in [0.25, 0.3) is 10.9 Å².